The first-order valence-corrected chi connectivity index (χ1v) is 9.10. The normalized spacial score (nSPS) is 14.6. The fourth-order valence-electron chi connectivity index (χ4n) is 3.48. The monoisotopic (exact) mass is 365 g/mol. The van der Waals surface area contributed by atoms with Crippen molar-refractivity contribution in [2.45, 2.75) is 13.3 Å². The van der Waals surface area contributed by atoms with Crippen LogP contribution in [0.2, 0.25) is 0 Å². The maximum absolute atomic E-state index is 12.8. The number of anilines is 1. The second-order valence-electron chi connectivity index (χ2n) is 6.78. The van der Waals surface area contributed by atoms with Gasteiger partial charge in [-0.2, -0.15) is 0 Å². The summed E-state index contributed by atoms with van der Waals surface area (Å²) < 4.78 is 7.17. The zero-order valence-corrected chi connectivity index (χ0v) is 15.6. The summed E-state index contributed by atoms with van der Waals surface area (Å²) in [5, 5.41) is 4.59. The number of piperazine rings is 1. The van der Waals surface area contributed by atoms with E-state index in [9.17, 15) is 4.79 Å². The van der Waals surface area contributed by atoms with Crippen LogP contribution < -0.4 is 9.64 Å². The lowest BCUT2D eigenvalue weighted by molar-refractivity contribution is -0.130. The highest BCUT2D eigenvalue weighted by molar-refractivity contribution is 5.80. The highest BCUT2D eigenvalue weighted by Crippen LogP contribution is 2.21. The maximum atomic E-state index is 12.8. The Morgan fingerprint density at radius 3 is 2.74 bits per heavy atom. The van der Waals surface area contributed by atoms with E-state index in [2.05, 4.69) is 15.0 Å². The smallest absolute Gasteiger partial charge is 0.227 e. The van der Waals surface area contributed by atoms with Gasteiger partial charge >= 0.3 is 0 Å². The highest BCUT2D eigenvalue weighted by atomic mass is 16.5. The van der Waals surface area contributed by atoms with Crippen LogP contribution in [-0.4, -0.2) is 58.7 Å². The van der Waals surface area contributed by atoms with Crippen molar-refractivity contribution in [1.82, 2.24) is 19.5 Å². The Hall–Kier alpha value is -3.09. The number of amides is 1. The second kappa shape index (κ2) is 7.26. The number of carbonyl (C=O) groups excluding carboxylic acids is 1. The number of rotatable bonds is 4. The molecule has 1 saturated heterocycles. The summed E-state index contributed by atoms with van der Waals surface area (Å²) >= 11 is 0. The first-order valence-electron chi connectivity index (χ1n) is 9.10. The van der Waals surface area contributed by atoms with E-state index in [1.807, 2.05) is 48.4 Å². The average Bonchev–Trinajstić information content (AvgIpc) is 3.16. The Morgan fingerprint density at radius 1 is 1.15 bits per heavy atom. The van der Waals surface area contributed by atoms with Crippen LogP contribution in [0.25, 0.3) is 5.65 Å². The molecule has 0 atom stereocenters. The lowest BCUT2D eigenvalue weighted by Gasteiger charge is -2.35. The third kappa shape index (κ3) is 3.58. The third-order valence-corrected chi connectivity index (χ3v) is 4.98. The van der Waals surface area contributed by atoms with Crippen LogP contribution in [-0.2, 0) is 11.2 Å². The number of fused-ring (bicyclic) bond motifs is 1. The van der Waals surface area contributed by atoms with Gasteiger partial charge in [0.15, 0.2) is 5.65 Å². The van der Waals surface area contributed by atoms with Gasteiger partial charge in [-0.1, -0.05) is 17.7 Å². The number of imidazole rings is 1. The molecule has 0 spiro atoms. The fourth-order valence-corrected chi connectivity index (χ4v) is 3.48. The molecule has 0 radical (unpaired) electrons. The van der Waals surface area contributed by atoms with Crippen LogP contribution >= 0.6 is 0 Å². The number of aromatic nitrogens is 3. The molecule has 1 fully saturated rings. The molecular formula is C20H23N5O2. The predicted octanol–water partition coefficient (Wildman–Crippen LogP) is 1.94. The number of ether oxygens (including phenoxy) is 1. The summed E-state index contributed by atoms with van der Waals surface area (Å²) in [5.41, 5.74) is 2.90. The van der Waals surface area contributed by atoms with Crippen LogP contribution in [0.3, 0.4) is 0 Å². The van der Waals surface area contributed by atoms with Crippen LogP contribution in [0.1, 0.15) is 11.1 Å². The van der Waals surface area contributed by atoms with E-state index in [1.54, 1.807) is 17.8 Å². The Bertz CT molecular complexity index is 960. The first-order chi connectivity index (χ1) is 13.1. The van der Waals surface area contributed by atoms with Crippen molar-refractivity contribution in [3.05, 3.63) is 53.9 Å². The molecule has 2 aromatic heterocycles. The van der Waals surface area contributed by atoms with Crippen molar-refractivity contribution < 1.29 is 9.53 Å². The molecule has 140 valence electrons. The molecule has 1 amide bonds. The quantitative estimate of drug-likeness (QED) is 0.707. The molecule has 0 N–H and O–H groups in total. The summed E-state index contributed by atoms with van der Waals surface area (Å²) in [6, 6.07) is 9.89. The molecule has 1 aliphatic rings. The molecule has 0 unspecified atom stereocenters. The molecule has 3 aromatic rings. The van der Waals surface area contributed by atoms with Crippen molar-refractivity contribution in [3.8, 4) is 5.75 Å². The molecule has 0 saturated carbocycles. The van der Waals surface area contributed by atoms with Gasteiger partial charge in [-0.05, 0) is 25.1 Å². The lowest BCUT2D eigenvalue weighted by Crippen LogP contribution is -2.49. The van der Waals surface area contributed by atoms with Gasteiger partial charge in [0, 0.05) is 44.1 Å². The van der Waals surface area contributed by atoms with Crippen molar-refractivity contribution in [2.75, 3.05) is 38.2 Å². The van der Waals surface area contributed by atoms with Crippen molar-refractivity contribution in [3.63, 3.8) is 0 Å². The van der Waals surface area contributed by atoms with Gasteiger partial charge in [0.25, 0.3) is 0 Å². The van der Waals surface area contributed by atoms with E-state index in [4.69, 9.17) is 4.74 Å². The molecule has 1 aromatic carbocycles. The fraction of sp³-hybridized carbons (Fsp3) is 0.350. The van der Waals surface area contributed by atoms with Gasteiger partial charge in [0.05, 0.1) is 13.5 Å². The van der Waals surface area contributed by atoms with Gasteiger partial charge in [-0.3, -0.25) is 4.79 Å². The van der Waals surface area contributed by atoms with E-state index in [1.165, 1.54) is 0 Å². The minimum absolute atomic E-state index is 0.136. The summed E-state index contributed by atoms with van der Waals surface area (Å²) in [7, 11) is 1.64. The number of aryl methyl sites for hydroxylation is 1. The number of hydrogen-bond donors (Lipinski definition) is 0. The zero-order valence-electron chi connectivity index (χ0n) is 15.6. The minimum atomic E-state index is 0.136. The van der Waals surface area contributed by atoms with E-state index >= 15 is 0 Å². The molecule has 3 heterocycles. The van der Waals surface area contributed by atoms with Crippen LogP contribution in [0.4, 0.5) is 5.82 Å². The lowest BCUT2D eigenvalue weighted by atomic mass is 10.1. The maximum Gasteiger partial charge on any atom is 0.227 e. The van der Waals surface area contributed by atoms with Crippen LogP contribution in [0, 0.1) is 6.92 Å². The largest absolute Gasteiger partial charge is 0.496 e. The Balaban J connectivity index is 1.40. The summed E-state index contributed by atoms with van der Waals surface area (Å²) in [6.07, 6.45) is 3.94. The molecular weight excluding hydrogens is 342 g/mol. The molecule has 7 heteroatoms. The summed E-state index contributed by atoms with van der Waals surface area (Å²) in [5.74, 6) is 1.81. The summed E-state index contributed by atoms with van der Waals surface area (Å²) in [4.78, 5) is 21.1. The third-order valence-electron chi connectivity index (χ3n) is 4.98. The Kier molecular flexibility index (Phi) is 4.66. The molecule has 4 rings (SSSR count). The van der Waals surface area contributed by atoms with Crippen LogP contribution in [0.15, 0.2) is 42.7 Å². The average molecular weight is 365 g/mol. The van der Waals surface area contributed by atoms with Crippen molar-refractivity contribution in [2.24, 2.45) is 0 Å². The molecule has 7 nitrogen and oxygen atoms in total. The summed E-state index contributed by atoms with van der Waals surface area (Å²) in [6.45, 7) is 4.94. The minimum Gasteiger partial charge on any atom is -0.496 e. The van der Waals surface area contributed by atoms with E-state index in [-0.39, 0.29) is 5.91 Å². The Morgan fingerprint density at radius 2 is 1.96 bits per heavy atom. The second-order valence-corrected chi connectivity index (χ2v) is 6.78. The van der Waals surface area contributed by atoms with Crippen molar-refractivity contribution >= 4 is 17.4 Å². The topological polar surface area (TPSA) is 63.0 Å². The van der Waals surface area contributed by atoms with Gasteiger partial charge in [0.2, 0.25) is 5.91 Å². The predicted molar refractivity (Wildman–Crippen MR) is 103 cm³/mol. The number of nitrogens with zero attached hydrogens (tertiary/aromatic N) is 5. The molecule has 1 aliphatic heterocycles. The number of methoxy groups -OCH3 is 1. The van der Waals surface area contributed by atoms with Crippen molar-refractivity contribution in [1.29, 1.82) is 0 Å². The van der Waals surface area contributed by atoms with Gasteiger partial charge in [-0.25, -0.2) is 9.50 Å². The number of hydrogen-bond acceptors (Lipinski definition) is 5. The van der Waals surface area contributed by atoms with E-state index in [0.717, 1.165) is 41.4 Å². The number of carbonyl (C=O) groups is 1. The molecule has 0 bridgehead atoms. The standard InChI is InChI=1S/C20H23N5O2/c1-15-3-4-17(27-2)16(13-15)14-20(26)24-11-9-23(10-12-24)19-6-5-18-21-7-8-25(18)22-19/h3-8,13H,9-12,14H2,1-2H3. The van der Waals surface area contributed by atoms with Gasteiger partial charge in [0.1, 0.15) is 11.6 Å². The Labute approximate surface area is 158 Å². The molecule has 0 aliphatic carbocycles. The van der Waals surface area contributed by atoms with E-state index < -0.39 is 0 Å². The van der Waals surface area contributed by atoms with Crippen LogP contribution in [0.5, 0.6) is 5.75 Å². The zero-order chi connectivity index (χ0) is 18.8. The highest BCUT2D eigenvalue weighted by Gasteiger charge is 2.23. The number of benzene rings is 1. The SMILES string of the molecule is COc1ccc(C)cc1CC(=O)N1CCN(c2ccc3nccn3n2)CC1. The van der Waals surface area contributed by atoms with Gasteiger partial charge < -0.3 is 14.5 Å². The van der Waals surface area contributed by atoms with Gasteiger partial charge in [-0.15, -0.1) is 5.10 Å². The van der Waals surface area contributed by atoms with E-state index in [0.29, 0.717) is 19.5 Å². The molecule has 27 heavy (non-hydrogen) atoms. The first kappa shape index (κ1) is 17.3.